The first-order chi connectivity index (χ1) is 8.54. The lowest BCUT2D eigenvalue weighted by Crippen LogP contribution is -2.39. The molecular formula is C10H15N5O3. The lowest BCUT2D eigenvalue weighted by Gasteiger charge is -2.13. The first-order valence-corrected chi connectivity index (χ1v) is 5.39. The summed E-state index contributed by atoms with van der Waals surface area (Å²) in [6, 6.07) is 2.27. The Labute approximate surface area is 104 Å². The minimum Gasteiger partial charge on any atom is -0.359 e. The average molecular weight is 253 g/mol. The highest BCUT2D eigenvalue weighted by atomic mass is 16.6. The van der Waals surface area contributed by atoms with Gasteiger partial charge in [-0.1, -0.05) is 0 Å². The second-order valence-corrected chi connectivity index (χ2v) is 3.60. The van der Waals surface area contributed by atoms with E-state index in [1.54, 1.807) is 6.92 Å². The maximum Gasteiger partial charge on any atom is 0.287 e. The Kier molecular flexibility index (Phi) is 5.00. The van der Waals surface area contributed by atoms with Crippen molar-refractivity contribution in [3.05, 3.63) is 28.4 Å². The molecule has 0 bridgehead atoms. The van der Waals surface area contributed by atoms with Crippen LogP contribution in [-0.4, -0.2) is 34.9 Å². The number of nitrogens with one attached hydrogen (secondary N) is 2. The molecule has 0 aliphatic carbocycles. The van der Waals surface area contributed by atoms with E-state index in [4.69, 9.17) is 5.73 Å². The van der Waals surface area contributed by atoms with Gasteiger partial charge in [0.1, 0.15) is 18.1 Å². The van der Waals surface area contributed by atoms with Gasteiger partial charge in [-0.2, -0.15) is 0 Å². The standard InChI is InChI=1S/C10H15N5O3/c1-7(10(16)12-5-4-11)14-9-3-2-8(6-13-9)15(17)18/h2-3,6-7H,4-5,11H2,1H3,(H,12,16)(H,13,14). The summed E-state index contributed by atoms with van der Waals surface area (Å²) >= 11 is 0. The molecule has 98 valence electrons. The van der Waals surface area contributed by atoms with Gasteiger partial charge in [0.05, 0.1) is 4.92 Å². The van der Waals surface area contributed by atoms with Crippen molar-refractivity contribution in [3.8, 4) is 0 Å². The zero-order valence-electron chi connectivity index (χ0n) is 9.92. The summed E-state index contributed by atoms with van der Waals surface area (Å²) in [6.45, 7) is 2.43. The highest BCUT2D eigenvalue weighted by molar-refractivity contribution is 5.83. The van der Waals surface area contributed by atoms with Crippen LogP contribution in [0.1, 0.15) is 6.92 Å². The van der Waals surface area contributed by atoms with Gasteiger partial charge in [0, 0.05) is 19.2 Å². The highest BCUT2D eigenvalue weighted by Gasteiger charge is 2.13. The topological polar surface area (TPSA) is 123 Å². The molecule has 8 heteroatoms. The van der Waals surface area contributed by atoms with Gasteiger partial charge in [0.15, 0.2) is 0 Å². The number of amides is 1. The molecule has 0 fully saturated rings. The van der Waals surface area contributed by atoms with E-state index in [2.05, 4.69) is 15.6 Å². The van der Waals surface area contributed by atoms with Crippen LogP contribution in [0.2, 0.25) is 0 Å². The van der Waals surface area contributed by atoms with Crippen molar-refractivity contribution < 1.29 is 9.72 Å². The van der Waals surface area contributed by atoms with Gasteiger partial charge in [0.25, 0.3) is 5.69 Å². The number of nitrogens with zero attached hydrogens (tertiary/aromatic N) is 2. The zero-order valence-corrected chi connectivity index (χ0v) is 9.92. The fraction of sp³-hybridized carbons (Fsp3) is 0.400. The molecule has 4 N–H and O–H groups in total. The molecule has 1 rings (SSSR count). The number of rotatable bonds is 6. The Hall–Kier alpha value is -2.22. The molecule has 1 aromatic rings. The van der Waals surface area contributed by atoms with E-state index in [0.717, 1.165) is 6.20 Å². The number of nitro groups is 1. The largest absolute Gasteiger partial charge is 0.359 e. The maximum atomic E-state index is 11.5. The molecule has 1 aromatic heterocycles. The summed E-state index contributed by atoms with van der Waals surface area (Å²) in [7, 11) is 0. The summed E-state index contributed by atoms with van der Waals surface area (Å²) in [5, 5.41) is 15.9. The quantitative estimate of drug-likeness (QED) is 0.479. The number of hydrogen-bond donors (Lipinski definition) is 3. The summed E-state index contributed by atoms with van der Waals surface area (Å²) in [6.07, 6.45) is 1.13. The van der Waals surface area contributed by atoms with Gasteiger partial charge in [-0.15, -0.1) is 0 Å². The second kappa shape index (κ2) is 6.50. The van der Waals surface area contributed by atoms with Crippen molar-refractivity contribution in [2.45, 2.75) is 13.0 Å². The van der Waals surface area contributed by atoms with Crippen LogP contribution in [0.5, 0.6) is 0 Å². The number of carbonyl (C=O) groups excluding carboxylic acids is 1. The Morgan fingerprint density at radius 3 is 2.83 bits per heavy atom. The van der Waals surface area contributed by atoms with Crippen LogP contribution in [0, 0.1) is 10.1 Å². The number of anilines is 1. The lowest BCUT2D eigenvalue weighted by atomic mass is 10.3. The molecular weight excluding hydrogens is 238 g/mol. The van der Waals surface area contributed by atoms with E-state index in [1.807, 2.05) is 0 Å². The van der Waals surface area contributed by atoms with Crippen molar-refractivity contribution in [2.24, 2.45) is 5.73 Å². The molecule has 0 aromatic carbocycles. The highest BCUT2D eigenvalue weighted by Crippen LogP contribution is 2.12. The van der Waals surface area contributed by atoms with E-state index in [1.165, 1.54) is 12.1 Å². The Morgan fingerprint density at radius 2 is 2.33 bits per heavy atom. The minimum absolute atomic E-state index is 0.0965. The Morgan fingerprint density at radius 1 is 1.61 bits per heavy atom. The summed E-state index contributed by atoms with van der Waals surface area (Å²) in [5.74, 6) is 0.191. The molecule has 0 saturated carbocycles. The van der Waals surface area contributed by atoms with E-state index in [-0.39, 0.29) is 11.6 Å². The Bertz CT molecular complexity index is 420. The number of nitrogens with two attached hydrogens (primary N) is 1. The molecule has 0 aliphatic rings. The molecule has 1 heterocycles. The normalized spacial score (nSPS) is 11.7. The van der Waals surface area contributed by atoms with Crippen LogP contribution in [0.15, 0.2) is 18.3 Å². The van der Waals surface area contributed by atoms with Crippen LogP contribution in [0.3, 0.4) is 0 Å². The van der Waals surface area contributed by atoms with E-state index in [0.29, 0.717) is 18.9 Å². The van der Waals surface area contributed by atoms with Crippen LogP contribution in [0.25, 0.3) is 0 Å². The molecule has 1 atom stereocenters. The molecule has 0 radical (unpaired) electrons. The third-order valence-electron chi connectivity index (χ3n) is 2.16. The average Bonchev–Trinajstić information content (AvgIpc) is 2.36. The summed E-state index contributed by atoms with van der Waals surface area (Å²) in [5.41, 5.74) is 5.17. The molecule has 8 nitrogen and oxygen atoms in total. The molecule has 0 spiro atoms. The van der Waals surface area contributed by atoms with Gasteiger partial charge < -0.3 is 16.4 Å². The molecule has 1 amide bonds. The van der Waals surface area contributed by atoms with Gasteiger partial charge in [-0.3, -0.25) is 14.9 Å². The fourth-order valence-electron chi connectivity index (χ4n) is 1.22. The van der Waals surface area contributed by atoms with E-state index >= 15 is 0 Å². The first kappa shape index (κ1) is 13.8. The lowest BCUT2D eigenvalue weighted by molar-refractivity contribution is -0.385. The number of carbonyl (C=O) groups is 1. The van der Waals surface area contributed by atoms with Gasteiger partial charge >= 0.3 is 0 Å². The smallest absolute Gasteiger partial charge is 0.287 e. The number of pyridine rings is 1. The van der Waals surface area contributed by atoms with Gasteiger partial charge in [-0.25, -0.2) is 4.98 Å². The summed E-state index contributed by atoms with van der Waals surface area (Å²) < 4.78 is 0. The first-order valence-electron chi connectivity index (χ1n) is 5.39. The van der Waals surface area contributed by atoms with Gasteiger partial charge in [-0.05, 0) is 13.0 Å². The van der Waals surface area contributed by atoms with Crippen molar-refractivity contribution in [2.75, 3.05) is 18.4 Å². The summed E-state index contributed by atoms with van der Waals surface area (Å²) in [4.78, 5) is 25.3. The number of hydrogen-bond acceptors (Lipinski definition) is 6. The van der Waals surface area contributed by atoms with Crippen LogP contribution < -0.4 is 16.4 Å². The third-order valence-corrected chi connectivity index (χ3v) is 2.16. The third kappa shape index (κ3) is 3.98. The Balaban J connectivity index is 2.56. The molecule has 0 saturated heterocycles. The van der Waals surface area contributed by atoms with Crippen molar-refractivity contribution >= 4 is 17.4 Å². The van der Waals surface area contributed by atoms with E-state index < -0.39 is 11.0 Å². The fourth-order valence-corrected chi connectivity index (χ4v) is 1.22. The number of aromatic nitrogens is 1. The maximum absolute atomic E-state index is 11.5. The molecule has 18 heavy (non-hydrogen) atoms. The minimum atomic E-state index is -0.534. The van der Waals surface area contributed by atoms with Crippen molar-refractivity contribution in [1.29, 1.82) is 0 Å². The van der Waals surface area contributed by atoms with Gasteiger partial charge in [0.2, 0.25) is 5.91 Å². The van der Waals surface area contributed by atoms with Crippen LogP contribution >= 0.6 is 0 Å². The zero-order chi connectivity index (χ0) is 13.5. The van der Waals surface area contributed by atoms with E-state index in [9.17, 15) is 14.9 Å². The molecule has 1 unspecified atom stereocenters. The van der Waals surface area contributed by atoms with Crippen molar-refractivity contribution in [1.82, 2.24) is 10.3 Å². The predicted molar refractivity (Wildman–Crippen MR) is 66.0 cm³/mol. The van der Waals surface area contributed by atoms with Crippen LogP contribution in [0.4, 0.5) is 11.5 Å². The molecule has 0 aliphatic heterocycles. The van der Waals surface area contributed by atoms with Crippen molar-refractivity contribution in [3.63, 3.8) is 0 Å². The monoisotopic (exact) mass is 253 g/mol. The second-order valence-electron chi connectivity index (χ2n) is 3.60. The predicted octanol–water partition coefficient (Wildman–Crippen LogP) is -0.135. The SMILES string of the molecule is CC(Nc1ccc([N+](=O)[O-])cn1)C(=O)NCCN. The van der Waals surface area contributed by atoms with Crippen LogP contribution in [-0.2, 0) is 4.79 Å².